The molecule has 0 aliphatic carbocycles. The van der Waals surface area contributed by atoms with E-state index in [4.69, 9.17) is 4.74 Å². The highest BCUT2D eigenvalue weighted by atomic mass is 79.9. The number of halogens is 1. The second kappa shape index (κ2) is 6.66. The van der Waals surface area contributed by atoms with Crippen LogP contribution in [0.2, 0.25) is 0 Å². The zero-order chi connectivity index (χ0) is 13.0. The standard InChI is InChI=1S/C14H20BrNO2/c1-16(13-6-8-18-10-13)7-5-14(17)11-3-2-4-12(15)9-11/h2-4,9,13-14,17H,5-8,10H2,1H3. The lowest BCUT2D eigenvalue weighted by molar-refractivity contribution is 0.124. The van der Waals surface area contributed by atoms with Crippen molar-refractivity contribution in [3.63, 3.8) is 0 Å². The summed E-state index contributed by atoms with van der Waals surface area (Å²) in [5.74, 6) is 0. The molecule has 0 amide bonds. The van der Waals surface area contributed by atoms with E-state index in [1.807, 2.05) is 24.3 Å². The highest BCUT2D eigenvalue weighted by Crippen LogP contribution is 2.21. The fraction of sp³-hybridized carbons (Fsp3) is 0.571. The molecule has 1 aromatic rings. The molecule has 4 heteroatoms. The largest absolute Gasteiger partial charge is 0.388 e. The molecular formula is C14H20BrNO2. The number of benzene rings is 1. The number of likely N-dealkylation sites (N-methyl/N-ethyl adjacent to an activating group) is 1. The first-order valence-corrected chi connectivity index (χ1v) is 7.17. The predicted octanol–water partition coefficient (Wildman–Crippen LogP) is 2.59. The van der Waals surface area contributed by atoms with Gasteiger partial charge in [-0.15, -0.1) is 0 Å². The second-order valence-electron chi connectivity index (χ2n) is 4.86. The van der Waals surface area contributed by atoms with Crippen molar-refractivity contribution in [3.05, 3.63) is 34.3 Å². The molecule has 2 rings (SSSR count). The minimum absolute atomic E-state index is 0.396. The molecule has 100 valence electrons. The predicted molar refractivity (Wildman–Crippen MR) is 75.6 cm³/mol. The van der Waals surface area contributed by atoms with Crippen molar-refractivity contribution in [2.45, 2.75) is 25.0 Å². The van der Waals surface area contributed by atoms with Crippen LogP contribution in [0.4, 0.5) is 0 Å². The Kier molecular flexibility index (Phi) is 5.18. The molecule has 18 heavy (non-hydrogen) atoms. The minimum atomic E-state index is -0.396. The first-order chi connectivity index (χ1) is 8.66. The van der Waals surface area contributed by atoms with Crippen LogP contribution in [-0.2, 0) is 4.74 Å². The maximum absolute atomic E-state index is 10.2. The monoisotopic (exact) mass is 313 g/mol. The van der Waals surface area contributed by atoms with E-state index >= 15 is 0 Å². The number of rotatable bonds is 5. The Hall–Kier alpha value is -0.420. The van der Waals surface area contributed by atoms with Gasteiger partial charge in [-0.3, -0.25) is 0 Å². The van der Waals surface area contributed by atoms with Gasteiger partial charge in [0.15, 0.2) is 0 Å². The van der Waals surface area contributed by atoms with Crippen molar-refractivity contribution >= 4 is 15.9 Å². The lowest BCUT2D eigenvalue weighted by atomic mass is 10.1. The second-order valence-corrected chi connectivity index (χ2v) is 5.77. The molecule has 0 aromatic heterocycles. The molecular weight excluding hydrogens is 294 g/mol. The molecule has 1 N–H and O–H groups in total. The summed E-state index contributed by atoms with van der Waals surface area (Å²) in [6.07, 6.45) is 1.46. The topological polar surface area (TPSA) is 32.7 Å². The number of nitrogens with zero attached hydrogens (tertiary/aromatic N) is 1. The Balaban J connectivity index is 1.82. The van der Waals surface area contributed by atoms with Gasteiger partial charge in [0.1, 0.15) is 0 Å². The maximum atomic E-state index is 10.2. The fourth-order valence-corrected chi connectivity index (χ4v) is 2.68. The van der Waals surface area contributed by atoms with E-state index in [1.54, 1.807) is 0 Å². The molecule has 2 atom stereocenters. The molecule has 0 radical (unpaired) electrons. The van der Waals surface area contributed by atoms with Crippen LogP contribution in [0.5, 0.6) is 0 Å². The van der Waals surface area contributed by atoms with Crippen LogP contribution in [0.3, 0.4) is 0 Å². The summed E-state index contributed by atoms with van der Waals surface area (Å²) in [6.45, 7) is 2.58. The SMILES string of the molecule is CN(CCC(O)c1cccc(Br)c1)C1CCOC1. The molecule has 1 heterocycles. The van der Waals surface area contributed by atoms with Crippen molar-refractivity contribution in [2.75, 3.05) is 26.8 Å². The molecule has 3 nitrogen and oxygen atoms in total. The van der Waals surface area contributed by atoms with Crippen molar-refractivity contribution in [1.82, 2.24) is 4.90 Å². The molecule has 1 aliphatic rings. The van der Waals surface area contributed by atoms with E-state index < -0.39 is 6.10 Å². The summed E-state index contributed by atoms with van der Waals surface area (Å²) in [5, 5.41) is 10.2. The van der Waals surface area contributed by atoms with Gasteiger partial charge in [0.25, 0.3) is 0 Å². The van der Waals surface area contributed by atoms with E-state index in [2.05, 4.69) is 27.9 Å². The smallest absolute Gasteiger partial charge is 0.0802 e. The molecule has 2 unspecified atom stereocenters. The summed E-state index contributed by atoms with van der Waals surface area (Å²) in [7, 11) is 2.10. The average molecular weight is 314 g/mol. The summed E-state index contributed by atoms with van der Waals surface area (Å²) in [6, 6.07) is 8.38. The Labute approximate surface area is 117 Å². The first-order valence-electron chi connectivity index (χ1n) is 6.38. The normalized spacial score (nSPS) is 21.4. The third-order valence-corrected chi connectivity index (χ3v) is 4.01. The summed E-state index contributed by atoms with van der Waals surface area (Å²) in [5.41, 5.74) is 0.973. The molecule has 0 spiro atoms. The molecule has 1 saturated heterocycles. The van der Waals surface area contributed by atoms with Crippen molar-refractivity contribution in [1.29, 1.82) is 0 Å². The van der Waals surface area contributed by atoms with Crippen LogP contribution in [-0.4, -0.2) is 42.9 Å². The van der Waals surface area contributed by atoms with Gasteiger partial charge in [-0.05, 0) is 37.6 Å². The van der Waals surface area contributed by atoms with Crippen LogP contribution in [0.25, 0.3) is 0 Å². The summed E-state index contributed by atoms with van der Waals surface area (Å²) in [4.78, 5) is 2.29. The van der Waals surface area contributed by atoms with Crippen LogP contribution in [0.1, 0.15) is 24.5 Å². The van der Waals surface area contributed by atoms with Gasteiger partial charge >= 0.3 is 0 Å². The van der Waals surface area contributed by atoms with Crippen molar-refractivity contribution in [2.24, 2.45) is 0 Å². The lowest BCUT2D eigenvalue weighted by Gasteiger charge is -2.24. The maximum Gasteiger partial charge on any atom is 0.0802 e. The van der Waals surface area contributed by atoms with E-state index in [0.717, 1.165) is 42.6 Å². The van der Waals surface area contributed by atoms with E-state index in [1.165, 1.54) is 0 Å². The third kappa shape index (κ3) is 3.79. The third-order valence-electron chi connectivity index (χ3n) is 3.52. The number of hydrogen-bond acceptors (Lipinski definition) is 3. The zero-order valence-corrected chi connectivity index (χ0v) is 12.3. The van der Waals surface area contributed by atoms with Gasteiger partial charge in [0, 0.05) is 23.7 Å². The molecule has 0 bridgehead atoms. The van der Waals surface area contributed by atoms with Crippen LogP contribution >= 0.6 is 15.9 Å². The van der Waals surface area contributed by atoms with Gasteiger partial charge in [0.05, 0.1) is 12.7 Å². The molecule has 1 aromatic carbocycles. The zero-order valence-electron chi connectivity index (χ0n) is 10.7. The fourth-order valence-electron chi connectivity index (χ4n) is 2.26. The van der Waals surface area contributed by atoms with E-state index in [0.29, 0.717) is 6.04 Å². The number of hydrogen-bond donors (Lipinski definition) is 1. The Morgan fingerprint density at radius 1 is 1.56 bits per heavy atom. The number of aliphatic hydroxyl groups excluding tert-OH is 1. The van der Waals surface area contributed by atoms with Crippen molar-refractivity contribution < 1.29 is 9.84 Å². The number of ether oxygens (including phenoxy) is 1. The summed E-state index contributed by atoms with van der Waals surface area (Å²) >= 11 is 3.43. The van der Waals surface area contributed by atoms with Crippen LogP contribution in [0.15, 0.2) is 28.7 Å². The average Bonchev–Trinajstić information content (AvgIpc) is 2.89. The highest BCUT2D eigenvalue weighted by Gasteiger charge is 2.20. The first kappa shape index (κ1) is 14.0. The summed E-state index contributed by atoms with van der Waals surface area (Å²) < 4.78 is 6.39. The Bertz CT molecular complexity index is 380. The quantitative estimate of drug-likeness (QED) is 0.907. The van der Waals surface area contributed by atoms with Gasteiger partial charge < -0.3 is 14.7 Å². The van der Waals surface area contributed by atoms with Crippen LogP contribution < -0.4 is 0 Å². The van der Waals surface area contributed by atoms with E-state index in [9.17, 15) is 5.11 Å². The Morgan fingerprint density at radius 2 is 2.39 bits per heavy atom. The van der Waals surface area contributed by atoms with Gasteiger partial charge in [-0.25, -0.2) is 0 Å². The van der Waals surface area contributed by atoms with E-state index in [-0.39, 0.29) is 0 Å². The van der Waals surface area contributed by atoms with Gasteiger partial charge in [-0.2, -0.15) is 0 Å². The number of aliphatic hydroxyl groups is 1. The van der Waals surface area contributed by atoms with Gasteiger partial charge in [0.2, 0.25) is 0 Å². The molecule has 1 aliphatic heterocycles. The van der Waals surface area contributed by atoms with Crippen molar-refractivity contribution in [3.8, 4) is 0 Å². The van der Waals surface area contributed by atoms with Crippen LogP contribution in [0, 0.1) is 0 Å². The molecule has 1 fully saturated rings. The Morgan fingerprint density at radius 3 is 3.06 bits per heavy atom. The minimum Gasteiger partial charge on any atom is -0.388 e. The highest BCUT2D eigenvalue weighted by molar-refractivity contribution is 9.10. The van der Waals surface area contributed by atoms with Gasteiger partial charge in [-0.1, -0.05) is 28.1 Å². The lowest BCUT2D eigenvalue weighted by Crippen LogP contribution is -2.33. The molecule has 0 saturated carbocycles.